The second-order valence-electron chi connectivity index (χ2n) is 5.69. The molecule has 1 aliphatic heterocycles. The van der Waals surface area contributed by atoms with Crippen LogP contribution in [-0.4, -0.2) is 47.4 Å². The van der Waals surface area contributed by atoms with E-state index in [0.717, 1.165) is 18.9 Å². The Bertz CT molecular complexity index is 355. The van der Waals surface area contributed by atoms with Crippen LogP contribution in [0.2, 0.25) is 0 Å². The molecule has 0 aliphatic carbocycles. The van der Waals surface area contributed by atoms with Crippen LogP contribution in [0, 0.1) is 5.92 Å². The minimum atomic E-state index is 0.888. The van der Waals surface area contributed by atoms with E-state index < -0.39 is 0 Å². The number of hydrogen-bond donors (Lipinski definition) is 1. The third-order valence-corrected chi connectivity index (χ3v) is 4.12. The summed E-state index contributed by atoms with van der Waals surface area (Å²) in [5.41, 5.74) is 1.34. The molecule has 1 N–H and O–H groups in total. The summed E-state index contributed by atoms with van der Waals surface area (Å²) < 4.78 is 1.99. The van der Waals surface area contributed by atoms with Gasteiger partial charge in [-0.3, -0.25) is 4.68 Å². The molecule has 0 saturated carbocycles. The van der Waals surface area contributed by atoms with E-state index in [1.807, 2.05) is 17.9 Å². The summed E-state index contributed by atoms with van der Waals surface area (Å²) in [6, 6.07) is 2.13. The Balaban J connectivity index is 1.79. The SMILES string of the molecule is CCCN(CCc1ccnn1C)CC1CCNCC1. The van der Waals surface area contributed by atoms with Crippen molar-refractivity contribution in [1.29, 1.82) is 0 Å². The molecular weight excluding hydrogens is 236 g/mol. The van der Waals surface area contributed by atoms with Crippen LogP contribution in [0.4, 0.5) is 0 Å². The molecule has 1 aromatic heterocycles. The molecule has 1 aliphatic rings. The van der Waals surface area contributed by atoms with Crippen molar-refractivity contribution in [3.05, 3.63) is 18.0 Å². The zero-order chi connectivity index (χ0) is 13.5. The molecular formula is C15H28N4. The fraction of sp³-hybridized carbons (Fsp3) is 0.800. The molecule has 1 fully saturated rings. The maximum absolute atomic E-state index is 4.25. The van der Waals surface area contributed by atoms with E-state index in [2.05, 4.69) is 28.3 Å². The van der Waals surface area contributed by atoms with Crippen molar-refractivity contribution in [2.24, 2.45) is 13.0 Å². The lowest BCUT2D eigenvalue weighted by Crippen LogP contribution is -2.37. The largest absolute Gasteiger partial charge is 0.317 e. The molecule has 0 spiro atoms. The predicted octanol–water partition coefficient (Wildman–Crippen LogP) is 1.67. The summed E-state index contributed by atoms with van der Waals surface area (Å²) in [4.78, 5) is 2.64. The fourth-order valence-electron chi connectivity index (χ4n) is 2.96. The average Bonchev–Trinajstić information content (AvgIpc) is 2.83. The van der Waals surface area contributed by atoms with Crippen molar-refractivity contribution in [3.63, 3.8) is 0 Å². The average molecular weight is 264 g/mol. The van der Waals surface area contributed by atoms with Crippen LogP contribution in [0.25, 0.3) is 0 Å². The summed E-state index contributed by atoms with van der Waals surface area (Å²) in [7, 11) is 2.03. The van der Waals surface area contributed by atoms with Crippen LogP contribution < -0.4 is 5.32 Å². The molecule has 0 aromatic carbocycles. The summed E-state index contributed by atoms with van der Waals surface area (Å²) >= 11 is 0. The third-order valence-electron chi connectivity index (χ3n) is 4.12. The maximum Gasteiger partial charge on any atom is 0.0492 e. The first-order valence-electron chi connectivity index (χ1n) is 7.69. The molecule has 4 nitrogen and oxygen atoms in total. The Kier molecular flexibility index (Phi) is 5.86. The van der Waals surface area contributed by atoms with Gasteiger partial charge in [0.05, 0.1) is 0 Å². The number of hydrogen-bond acceptors (Lipinski definition) is 3. The topological polar surface area (TPSA) is 33.1 Å². The molecule has 2 rings (SSSR count). The highest BCUT2D eigenvalue weighted by molar-refractivity contribution is 5.00. The number of piperidine rings is 1. The van der Waals surface area contributed by atoms with E-state index >= 15 is 0 Å². The highest BCUT2D eigenvalue weighted by atomic mass is 15.3. The molecule has 0 atom stereocenters. The molecule has 1 saturated heterocycles. The van der Waals surface area contributed by atoms with E-state index in [1.165, 1.54) is 51.1 Å². The van der Waals surface area contributed by atoms with Gasteiger partial charge in [-0.05, 0) is 50.9 Å². The van der Waals surface area contributed by atoms with Crippen LogP contribution in [0.1, 0.15) is 31.9 Å². The first-order valence-corrected chi connectivity index (χ1v) is 7.69. The minimum absolute atomic E-state index is 0.888. The van der Waals surface area contributed by atoms with Gasteiger partial charge in [-0.25, -0.2) is 0 Å². The molecule has 0 radical (unpaired) electrons. The second-order valence-corrected chi connectivity index (χ2v) is 5.69. The maximum atomic E-state index is 4.25. The Morgan fingerprint density at radius 1 is 1.37 bits per heavy atom. The lowest BCUT2D eigenvalue weighted by molar-refractivity contribution is 0.206. The van der Waals surface area contributed by atoms with Crippen LogP contribution in [0.15, 0.2) is 12.3 Å². The summed E-state index contributed by atoms with van der Waals surface area (Å²) in [6.07, 6.45) is 6.93. The Hall–Kier alpha value is -0.870. The molecule has 0 unspecified atom stereocenters. The zero-order valence-corrected chi connectivity index (χ0v) is 12.4. The monoisotopic (exact) mass is 264 g/mol. The van der Waals surface area contributed by atoms with Crippen molar-refractivity contribution < 1.29 is 0 Å². The smallest absolute Gasteiger partial charge is 0.0492 e. The van der Waals surface area contributed by atoms with Crippen LogP contribution >= 0.6 is 0 Å². The predicted molar refractivity (Wildman–Crippen MR) is 79.2 cm³/mol. The lowest BCUT2D eigenvalue weighted by Gasteiger charge is -2.30. The van der Waals surface area contributed by atoms with Crippen molar-refractivity contribution >= 4 is 0 Å². The van der Waals surface area contributed by atoms with E-state index in [4.69, 9.17) is 0 Å². The summed E-state index contributed by atoms with van der Waals surface area (Å²) in [5.74, 6) is 0.888. The number of rotatable bonds is 7. The second kappa shape index (κ2) is 7.65. The van der Waals surface area contributed by atoms with Gasteiger partial charge < -0.3 is 10.2 Å². The van der Waals surface area contributed by atoms with Crippen molar-refractivity contribution in [3.8, 4) is 0 Å². The van der Waals surface area contributed by atoms with Gasteiger partial charge in [0.1, 0.15) is 0 Å². The number of nitrogens with one attached hydrogen (secondary N) is 1. The molecule has 1 aromatic rings. The van der Waals surface area contributed by atoms with E-state index in [0.29, 0.717) is 0 Å². The van der Waals surface area contributed by atoms with Gasteiger partial charge in [-0.2, -0.15) is 5.10 Å². The standard InChI is InChI=1S/C15H28N4/c1-3-11-19(13-14-4-8-16-9-5-14)12-7-15-6-10-17-18(15)2/h6,10,14,16H,3-5,7-9,11-13H2,1-2H3. The van der Waals surface area contributed by atoms with Gasteiger partial charge in [0.2, 0.25) is 0 Å². The molecule has 4 heteroatoms. The van der Waals surface area contributed by atoms with Gasteiger partial charge in [-0.15, -0.1) is 0 Å². The molecule has 108 valence electrons. The minimum Gasteiger partial charge on any atom is -0.317 e. The molecule has 19 heavy (non-hydrogen) atoms. The Morgan fingerprint density at radius 2 is 2.16 bits per heavy atom. The molecule has 0 bridgehead atoms. The molecule has 0 amide bonds. The van der Waals surface area contributed by atoms with Gasteiger partial charge in [0.15, 0.2) is 0 Å². The quantitative estimate of drug-likeness (QED) is 0.813. The van der Waals surface area contributed by atoms with Crippen LogP contribution in [-0.2, 0) is 13.5 Å². The number of aromatic nitrogens is 2. The van der Waals surface area contributed by atoms with E-state index in [1.54, 1.807) is 0 Å². The van der Waals surface area contributed by atoms with E-state index in [-0.39, 0.29) is 0 Å². The van der Waals surface area contributed by atoms with Gasteiger partial charge >= 0.3 is 0 Å². The third kappa shape index (κ3) is 4.62. The van der Waals surface area contributed by atoms with Crippen molar-refractivity contribution in [2.45, 2.75) is 32.6 Å². The van der Waals surface area contributed by atoms with Crippen molar-refractivity contribution in [2.75, 3.05) is 32.7 Å². The lowest BCUT2D eigenvalue weighted by atomic mass is 9.97. The first-order chi connectivity index (χ1) is 9.29. The number of aryl methyl sites for hydroxylation is 1. The summed E-state index contributed by atoms with van der Waals surface area (Å²) in [5, 5.41) is 7.70. The Morgan fingerprint density at radius 3 is 2.79 bits per heavy atom. The first kappa shape index (κ1) is 14.5. The summed E-state index contributed by atoms with van der Waals surface area (Å²) in [6.45, 7) is 8.34. The Labute approximate surface area is 117 Å². The highest BCUT2D eigenvalue weighted by Crippen LogP contribution is 2.14. The van der Waals surface area contributed by atoms with Gasteiger partial charge in [0.25, 0.3) is 0 Å². The van der Waals surface area contributed by atoms with Crippen LogP contribution in [0.3, 0.4) is 0 Å². The normalized spacial score (nSPS) is 17.2. The highest BCUT2D eigenvalue weighted by Gasteiger charge is 2.16. The van der Waals surface area contributed by atoms with Gasteiger partial charge in [-0.1, -0.05) is 6.92 Å². The fourth-order valence-corrected chi connectivity index (χ4v) is 2.96. The van der Waals surface area contributed by atoms with E-state index in [9.17, 15) is 0 Å². The van der Waals surface area contributed by atoms with Crippen molar-refractivity contribution in [1.82, 2.24) is 20.0 Å². The number of nitrogens with zero attached hydrogens (tertiary/aromatic N) is 3. The zero-order valence-electron chi connectivity index (χ0n) is 12.4. The van der Waals surface area contributed by atoms with Crippen LogP contribution in [0.5, 0.6) is 0 Å². The molecule has 2 heterocycles. The van der Waals surface area contributed by atoms with Gasteiger partial charge in [0, 0.05) is 38.4 Å².